The highest BCUT2D eigenvalue weighted by Gasteiger charge is 2.34. The first-order chi connectivity index (χ1) is 12.9. The molecule has 0 atom stereocenters. The van der Waals surface area contributed by atoms with Gasteiger partial charge in [-0.25, -0.2) is 4.99 Å². The molecule has 0 amide bonds. The molecule has 2 fully saturated rings. The highest BCUT2D eigenvalue weighted by atomic mass is 19.4. The van der Waals surface area contributed by atoms with E-state index in [1.807, 2.05) is 4.90 Å². The smallest absolute Gasteiger partial charge is 0.378 e. The number of hydrogen-bond donors (Lipinski definition) is 2. The van der Waals surface area contributed by atoms with Gasteiger partial charge < -0.3 is 20.7 Å². The summed E-state index contributed by atoms with van der Waals surface area (Å²) in [7, 11) is 0. The largest absolute Gasteiger partial charge is 0.416 e. The van der Waals surface area contributed by atoms with E-state index >= 15 is 0 Å². The Morgan fingerprint density at radius 3 is 2.56 bits per heavy atom. The van der Waals surface area contributed by atoms with Gasteiger partial charge in [0.2, 0.25) is 0 Å². The van der Waals surface area contributed by atoms with E-state index in [-0.39, 0.29) is 24.1 Å². The van der Waals surface area contributed by atoms with Crippen LogP contribution in [0.15, 0.2) is 23.2 Å². The molecular weight excluding hydrogens is 357 g/mol. The van der Waals surface area contributed by atoms with Crippen molar-refractivity contribution in [2.75, 3.05) is 31.2 Å². The Hall–Kier alpha value is -1.96. The number of guanidine groups is 1. The molecule has 0 spiro atoms. The molecule has 1 aliphatic carbocycles. The van der Waals surface area contributed by atoms with Crippen molar-refractivity contribution in [3.8, 4) is 0 Å². The Balaban J connectivity index is 1.72. The highest BCUT2D eigenvalue weighted by Crippen LogP contribution is 2.35. The van der Waals surface area contributed by atoms with Crippen LogP contribution in [0.2, 0.25) is 0 Å². The molecule has 1 saturated carbocycles. The van der Waals surface area contributed by atoms with Gasteiger partial charge in [-0.3, -0.25) is 0 Å². The second-order valence-electron chi connectivity index (χ2n) is 7.12. The Bertz CT molecular complexity index is 651. The minimum atomic E-state index is -4.43. The molecule has 5 nitrogen and oxygen atoms in total. The van der Waals surface area contributed by atoms with Crippen LogP contribution in [0.1, 0.15) is 43.2 Å². The van der Waals surface area contributed by atoms with Gasteiger partial charge in [-0.15, -0.1) is 0 Å². The predicted octanol–water partition coefficient (Wildman–Crippen LogP) is 3.28. The Kier molecular flexibility index (Phi) is 6.46. The summed E-state index contributed by atoms with van der Waals surface area (Å²) in [5.41, 5.74) is 5.94. The summed E-state index contributed by atoms with van der Waals surface area (Å²) in [6.45, 7) is 2.14. The van der Waals surface area contributed by atoms with Crippen molar-refractivity contribution in [1.29, 1.82) is 0 Å². The number of halogens is 3. The lowest BCUT2D eigenvalue weighted by molar-refractivity contribution is -0.138. The van der Waals surface area contributed by atoms with Gasteiger partial charge >= 0.3 is 6.18 Å². The third-order valence-electron chi connectivity index (χ3n) is 5.15. The standard InChI is InChI=1S/C19H27F3N4O/c20-19(21,22)17-12-16(26-8-10-27-11-9-26)7-6-14(17)13-24-18(23)25-15-4-2-1-3-5-15/h6-7,12,15H,1-5,8-11,13H2,(H3,23,24,25). The average molecular weight is 384 g/mol. The number of nitrogens with one attached hydrogen (secondary N) is 1. The van der Waals surface area contributed by atoms with Crippen LogP contribution in [0, 0.1) is 0 Å². The number of rotatable bonds is 4. The second-order valence-corrected chi connectivity index (χ2v) is 7.12. The molecule has 3 rings (SSSR count). The molecule has 0 bridgehead atoms. The summed E-state index contributed by atoms with van der Waals surface area (Å²) in [6.07, 6.45) is 1.13. The van der Waals surface area contributed by atoms with E-state index in [9.17, 15) is 13.2 Å². The van der Waals surface area contributed by atoms with Crippen LogP contribution in [-0.2, 0) is 17.5 Å². The van der Waals surface area contributed by atoms with Gasteiger partial charge in [0.05, 0.1) is 25.3 Å². The third-order valence-corrected chi connectivity index (χ3v) is 5.15. The number of hydrogen-bond acceptors (Lipinski definition) is 3. The molecule has 1 heterocycles. The lowest BCUT2D eigenvalue weighted by atomic mass is 9.96. The number of nitrogens with two attached hydrogens (primary N) is 1. The quantitative estimate of drug-likeness (QED) is 0.618. The molecule has 150 valence electrons. The number of morpholine rings is 1. The van der Waals surface area contributed by atoms with E-state index in [1.54, 1.807) is 6.07 Å². The maximum Gasteiger partial charge on any atom is 0.416 e. The van der Waals surface area contributed by atoms with Crippen LogP contribution in [0.5, 0.6) is 0 Å². The van der Waals surface area contributed by atoms with E-state index in [4.69, 9.17) is 10.5 Å². The van der Waals surface area contributed by atoms with Gasteiger partial charge in [0.1, 0.15) is 0 Å². The first-order valence-electron chi connectivity index (χ1n) is 9.53. The molecule has 8 heteroatoms. The number of nitrogens with zero attached hydrogens (tertiary/aromatic N) is 2. The number of benzene rings is 1. The molecule has 1 aliphatic heterocycles. The lowest BCUT2D eigenvalue weighted by Crippen LogP contribution is -2.41. The van der Waals surface area contributed by atoms with E-state index in [2.05, 4.69) is 10.3 Å². The number of aliphatic imine (C=N–C) groups is 1. The fraction of sp³-hybridized carbons (Fsp3) is 0.632. The van der Waals surface area contributed by atoms with Crippen LogP contribution in [0.3, 0.4) is 0 Å². The monoisotopic (exact) mass is 384 g/mol. The first-order valence-corrected chi connectivity index (χ1v) is 9.53. The molecule has 2 aliphatic rings. The molecule has 1 saturated heterocycles. The summed E-state index contributed by atoms with van der Waals surface area (Å²) in [5, 5.41) is 3.13. The normalized spacial score (nSPS) is 20.0. The molecule has 0 unspecified atom stereocenters. The van der Waals surface area contributed by atoms with E-state index in [0.717, 1.165) is 25.7 Å². The van der Waals surface area contributed by atoms with Gasteiger partial charge in [0, 0.05) is 24.8 Å². The minimum Gasteiger partial charge on any atom is -0.378 e. The van der Waals surface area contributed by atoms with Crippen molar-refractivity contribution < 1.29 is 17.9 Å². The zero-order valence-electron chi connectivity index (χ0n) is 15.4. The first kappa shape index (κ1) is 19.8. The highest BCUT2D eigenvalue weighted by molar-refractivity contribution is 5.78. The fourth-order valence-corrected chi connectivity index (χ4v) is 3.66. The van der Waals surface area contributed by atoms with Crippen LogP contribution in [0.25, 0.3) is 0 Å². The van der Waals surface area contributed by atoms with Crippen LogP contribution in [0.4, 0.5) is 18.9 Å². The molecule has 0 aromatic heterocycles. The number of alkyl halides is 3. The number of ether oxygens (including phenoxy) is 1. The summed E-state index contributed by atoms with van der Waals surface area (Å²) in [5.74, 6) is 0.215. The van der Waals surface area contributed by atoms with Crippen LogP contribution < -0.4 is 16.0 Å². The summed E-state index contributed by atoms with van der Waals surface area (Å²) >= 11 is 0. The fourth-order valence-electron chi connectivity index (χ4n) is 3.66. The van der Waals surface area contributed by atoms with Crippen LogP contribution in [-0.4, -0.2) is 38.3 Å². The minimum absolute atomic E-state index is 0.0935. The Morgan fingerprint density at radius 2 is 1.89 bits per heavy atom. The molecule has 1 aromatic carbocycles. The number of anilines is 1. The van der Waals surface area contributed by atoms with Crippen molar-refractivity contribution in [3.05, 3.63) is 29.3 Å². The van der Waals surface area contributed by atoms with E-state index < -0.39 is 11.7 Å². The zero-order chi connectivity index (χ0) is 19.3. The molecule has 0 radical (unpaired) electrons. The van der Waals surface area contributed by atoms with Crippen molar-refractivity contribution in [1.82, 2.24) is 5.32 Å². The summed E-state index contributed by atoms with van der Waals surface area (Å²) < 4.78 is 45.9. The Labute approximate surface area is 157 Å². The predicted molar refractivity (Wildman–Crippen MR) is 99.8 cm³/mol. The lowest BCUT2D eigenvalue weighted by Gasteiger charge is -2.29. The van der Waals surface area contributed by atoms with Crippen molar-refractivity contribution >= 4 is 11.6 Å². The topological polar surface area (TPSA) is 62.9 Å². The maximum absolute atomic E-state index is 13.6. The summed E-state index contributed by atoms with van der Waals surface area (Å²) in [4.78, 5) is 6.06. The summed E-state index contributed by atoms with van der Waals surface area (Å²) in [6, 6.07) is 4.70. The van der Waals surface area contributed by atoms with E-state index in [1.165, 1.54) is 18.6 Å². The SMILES string of the molecule is NC(=NCc1ccc(N2CCOCC2)cc1C(F)(F)F)NC1CCCCC1. The van der Waals surface area contributed by atoms with Gasteiger partial charge in [0.25, 0.3) is 0 Å². The van der Waals surface area contributed by atoms with Crippen molar-refractivity contribution in [2.24, 2.45) is 10.7 Å². The molecular formula is C19H27F3N4O. The average Bonchev–Trinajstić information content (AvgIpc) is 2.67. The maximum atomic E-state index is 13.6. The molecule has 3 N–H and O–H groups in total. The van der Waals surface area contributed by atoms with Gasteiger partial charge in [0.15, 0.2) is 5.96 Å². The van der Waals surface area contributed by atoms with Gasteiger partial charge in [-0.1, -0.05) is 25.3 Å². The van der Waals surface area contributed by atoms with Crippen molar-refractivity contribution in [2.45, 2.75) is 50.9 Å². The molecule has 27 heavy (non-hydrogen) atoms. The third kappa shape index (κ3) is 5.51. The van der Waals surface area contributed by atoms with Crippen molar-refractivity contribution in [3.63, 3.8) is 0 Å². The second kappa shape index (κ2) is 8.82. The van der Waals surface area contributed by atoms with Gasteiger partial charge in [-0.2, -0.15) is 13.2 Å². The Morgan fingerprint density at radius 1 is 1.19 bits per heavy atom. The van der Waals surface area contributed by atoms with E-state index in [0.29, 0.717) is 32.0 Å². The molecule has 1 aromatic rings. The van der Waals surface area contributed by atoms with Crippen LogP contribution >= 0.6 is 0 Å². The van der Waals surface area contributed by atoms with Gasteiger partial charge in [-0.05, 0) is 30.5 Å². The zero-order valence-corrected chi connectivity index (χ0v) is 15.4.